The van der Waals surface area contributed by atoms with Gasteiger partial charge in [-0.3, -0.25) is 4.79 Å². The molecule has 2 atom stereocenters. The first-order valence-corrected chi connectivity index (χ1v) is 9.94. The van der Waals surface area contributed by atoms with Gasteiger partial charge in [0.15, 0.2) is 0 Å². The van der Waals surface area contributed by atoms with E-state index in [2.05, 4.69) is 59.8 Å². The monoisotopic (exact) mass is 427 g/mol. The van der Waals surface area contributed by atoms with E-state index < -0.39 is 0 Å². The number of rotatable bonds is 6. The van der Waals surface area contributed by atoms with Gasteiger partial charge in [0, 0.05) is 23.6 Å². The van der Waals surface area contributed by atoms with E-state index in [1.807, 2.05) is 36.7 Å². The number of carbonyl (C=O) groups excluding carboxylic acids is 1. The number of halogens is 1. The standard InChI is InChI=1S/C20H22BrN5O/c21-15-8-6-14(7-9-15)17-12-18(25-24-17)20(27)22-10-3-11-26-13-23-16-4-1-2-5-19(16)26/h1-2,4-9,13,17-18,24-25H,3,10-12H2,(H,22,27). The third kappa shape index (κ3) is 4.21. The summed E-state index contributed by atoms with van der Waals surface area (Å²) >= 11 is 3.45. The summed E-state index contributed by atoms with van der Waals surface area (Å²) < 4.78 is 3.18. The van der Waals surface area contributed by atoms with E-state index in [0.717, 1.165) is 34.9 Å². The Morgan fingerprint density at radius 3 is 2.85 bits per heavy atom. The Morgan fingerprint density at radius 2 is 2.00 bits per heavy atom. The molecule has 1 aliphatic heterocycles. The van der Waals surface area contributed by atoms with Crippen LogP contribution in [0.4, 0.5) is 0 Å². The summed E-state index contributed by atoms with van der Waals surface area (Å²) in [5, 5.41) is 3.03. The highest BCUT2D eigenvalue weighted by molar-refractivity contribution is 9.10. The molecule has 1 fully saturated rings. The Morgan fingerprint density at radius 1 is 1.19 bits per heavy atom. The average molecular weight is 428 g/mol. The molecule has 0 saturated carbocycles. The number of imidazole rings is 1. The van der Waals surface area contributed by atoms with Crippen molar-refractivity contribution < 1.29 is 4.79 Å². The summed E-state index contributed by atoms with van der Waals surface area (Å²) in [4.78, 5) is 16.8. The molecule has 140 valence electrons. The minimum Gasteiger partial charge on any atom is -0.355 e. The van der Waals surface area contributed by atoms with Crippen molar-refractivity contribution in [2.45, 2.75) is 31.5 Å². The first kappa shape index (κ1) is 18.2. The normalized spacial score (nSPS) is 19.4. The molecule has 2 aromatic carbocycles. The fourth-order valence-electron chi connectivity index (χ4n) is 3.41. The van der Waals surface area contributed by atoms with E-state index in [-0.39, 0.29) is 18.0 Å². The Hall–Kier alpha value is -2.22. The summed E-state index contributed by atoms with van der Waals surface area (Å²) in [6, 6.07) is 16.2. The molecule has 6 nitrogen and oxygen atoms in total. The quantitative estimate of drug-likeness (QED) is 0.528. The van der Waals surface area contributed by atoms with E-state index in [1.165, 1.54) is 5.56 Å². The Bertz CT molecular complexity index is 924. The zero-order valence-corrected chi connectivity index (χ0v) is 16.4. The van der Waals surface area contributed by atoms with Crippen molar-refractivity contribution in [3.05, 3.63) is 64.9 Å². The first-order chi connectivity index (χ1) is 13.2. The van der Waals surface area contributed by atoms with Crippen molar-refractivity contribution in [2.75, 3.05) is 6.54 Å². The average Bonchev–Trinajstić information content (AvgIpc) is 3.33. The first-order valence-electron chi connectivity index (χ1n) is 9.15. The van der Waals surface area contributed by atoms with Crippen molar-refractivity contribution in [3.63, 3.8) is 0 Å². The second kappa shape index (κ2) is 8.21. The minimum absolute atomic E-state index is 0.0394. The van der Waals surface area contributed by atoms with Crippen LogP contribution < -0.4 is 16.2 Å². The van der Waals surface area contributed by atoms with Crippen molar-refractivity contribution >= 4 is 32.9 Å². The minimum atomic E-state index is -0.215. The SMILES string of the molecule is O=C(NCCCn1cnc2ccccc21)C1CC(c2ccc(Br)cc2)NN1. The number of aryl methyl sites for hydroxylation is 1. The van der Waals surface area contributed by atoms with Gasteiger partial charge in [-0.05, 0) is 42.7 Å². The molecule has 1 amide bonds. The lowest BCUT2D eigenvalue weighted by Gasteiger charge is -2.11. The van der Waals surface area contributed by atoms with Gasteiger partial charge in [0.1, 0.15) is 6.04 Å². The highest BCUT2D eigenvalue weighted by atomic mass is 79.9. The molecule has 2 heterocycles. The van der Waals surface area contributed by atoms with Gasteiger partial charge in [0.25, 0.3) is 0 Å². The predicted molar refractivity (Wildman–Crippen MR) is 109 cm³/mol. The molecule has 0 radical (unpaired) electrons. The van der Waals surface area contributed by atoms with E-state index in [1.54, 1.807) is 0 Å². The molecule has 0 aliphatic carbocycles. The lowest BCUT2D eigenvalue weighted by Crippen LogP contribution is -2.43. The second-order valence-corrected chi connectivity index (χ2v) is 7.67. The number of nitrogens with zero attached hydrogens (tertiary/aromatic N) is 2. The van der Waals surface area contributed by atoms with E-state index in [4.69, 9.17) is 0 Å². The van der Waals surface area contributed by atoms with Gasteiger partial charge in [0.2, 0.25) is 5.91 Å². The zero-order valence-electron chi connectivity index (χ0n) is 14.9. The topological polar surface area (TPSA) is 71.0 Å². The largest absolute Gasteiger partial charge is 0.355 e. The number of amides is 1. The lowest BCUT2D eigenvalue weighted by atomic mass is 10.0. The van der Waals surface area contributed by atoms with Crippen molar-refractivity contribution in [1.82, 2.24) is 25.7 Å². The maximum absolute atomic E-state index is 12.4. The molecule has 27 heavy (non-hydrogen) atoms. The van der Waals surface area contributed by atoms with Crippen molar-refractivity contribution in [2.24, 2.45) is 0 Å². The fourth-order valence-corrected chi connectivity index (χ4v) is 3.68. The summed E-state index contributed by atoms with van der Waals surface area (Å²) in [5.41, 5.74) is 9.63. The Kier molecular flexibility index (Phi) is 5.52. The Balaban J connectivity index is 1.23. The van der Waals surface area contributed by atoms with Crippen LogP contribution in [0.1, 0.15) is 24.4 Å². The molecule has 0 bridgehead atoms. The maximum atomic E-state index is 12.4. The summed E-state index contributed by atoms with van der Waals surface area (Å²) in [6.45, 7) is 1.48. The zero-order chi connectivity index (χ0) is 18.6. The molecule has 3 aromatic rings. The van der Waals surface area contributed by atoms with Crippen LogP contribution in [0.5, 0.6) is 0 Å². The van der Waals surface area contributed by atoms with Gasteiger partial charge >= 0.3 is 0 Å². The van der Waals surface area contributed by atoms with E-state index in [9.17, 15) is 4.79 Å². The van der Waals surface area contributed by atoms with Gasteiger partial charge in [-0.25, -0.2) is 15.8 Å². The predicted octanol–water partition coefficient (Wildman–Crippen LogP) is 2.91. The highest BCUT2D eigenvalue weighted by Gasteiger charge is 2.29. The van der Waals surface area contributed by atoms with E-state index in [0.29, 0.717) is 6.54 Å². The van der Waals surface area contributed by atoms with Gasteiger partial charge < -0.3 is 9.88 Å². The Labute approximate surface area is 166 Å². The second-order valence-electron chi connectivity index (χ2n) is 6.75. The molecule has 4 rings (SSSR count). The third-order valence-electron chi connectivity index (χ3n) is 4.89. The summed E-state index contributed by atoms with van der Waals surface area (Å²) in [7, 11) is 0. The molecule has 2 unspecified atom stereocenters. The molecule has 1 saturated heterocycles. The van der Waals surface area contributed by atoms with Crippen LogP contribution in [0.25, 0.3) is 11.0 Å². The highest BCUT2D eigenvalue weighted by Crippen LogP contribution is 2.23. The van der Waals surface area contributed by atoms with E-state index >= 15 is 0 Å². The molecule has 1 aromatic heterocycles. The van der Waals surface area contributed by atoms with Crippen LogP contribution in [0, 0.1) is 0 Å². The summed E-state index contributed by atoms with van der Waals surface area (Å²) in [6.07, 6.45) is 3.46. The number of carbonyl (C=O) groups is 1. The van der Waals surface area contributed by atoms with Gasteiger partial charge in [0.05, 0.1) is 17.4 Å². The van der Waals surface area contributed by atoms with Crippen LogP contribution in [-0.4, -0.2) is 28.0 Å². The van der Waals surface area contributed by atoms with Crippen LogP contribution in [0.3, 0.4) is 0 Å². The number of aromatic nitrogens is 2. The number of fused-ring (bicyclic) bond motifs is 1. The fraction of sp³-hybridized carbons (Fsp3) is 0.300. The third-order valence-corrected chi connectivity index (χ3v) is 5.42. The summed E-state index contributed by atoms with van der Waals surface area (Å²) in [5.74, 6) is 0.0394. The van der Waals surface area contributed by atoms with Crippen LogP contribution >= 0.6 is 15.9 Å². The van der Waals surface area contributed by atoms with Crippen molar-refractivity contribution in [1.29, 1.82) is 0 Å². The number of benzene rings is 2. The maximum Gasteiger partial charge on any atom is 0.238 e. The molecule has 0 spiro atoms. The number of hydrazine groups is 1. The lowest BCUT2D eigenvalue weighted by molar-refractivity contribution is -0.122. The molecule has 1 aliphatic rings. The van der Waals surface area contributed by atoms with Gasteiger partial charge in [-0.1, -0.05) is 40.2 Å². The van der Waals surface area contributed by atoms with Crippen LogP contribution in [0.2, 0.25) is 0 Å². The number of hydrogen-bond acceptors (Lipinski definition) is 4. The van der Waals surface area contributed by atoms with Crippen LogP contribution in [0.15, 0.2) is 59.3 Å². The van der Waals surface area contributed by atoms with Gasteiger partial charge in [-0.2, -0.15) is 0 Å². The number of nitrogens with one attached hydrogen (secondary N) is 3. The number of hydrogen-bond donors (Lipinski definition) is 3. The smallest absolute Gasteiger partial charge is 0.238 e. The molecule has 3 N–H and O–H groups in total. The van der Waals surface area contributed by atoms with Gasteiger partial charge in [-0.15, -0.1) is 0 Å². The molecular formula is C20H22BrN5O. The van der Waals surface area contributed by atoms with Crippen molar-refractivity contribution in [3.8, 4) is 0 Å². The molecule has 7 heteroatoms. The van der Waals surface area contributed by atoms with Crippen LogP contribution in [-0.2, 0) is 11.3 Å². The molecular weight excluding hydrogens is 406 g/mol. The number of para-hydroxylation sites is 2.